The molecule has 0 fully saturated rings. The SMILES string of the molecule is CCOc1ccc([C@@H](C)c2cnc[nH]2)nc1. The maximum Gasteiger partial charge on any atom is 0.137 e. The Labute approximate surface area is 94.7 Å². The van der Waals surface area contributed by atoms with Crippen LogP contribution in [0, 0.1) is 0 Å². The van der Waals surface area contributed by atoms with Gasteiger partial charge in [0.1, 0.15) is 5.75 Å². The topological polar surface area (TPSA) is 50.8 Å². The van der Waals surface area contributed by atoms with Crippen molar-refractivity contribution in [2.45, 2.75) is 19.8 Å². The van der Waals surface area contributed by atoms with E-state index in [1.807, 2.05) is 25.3 Å². The number of pyridine rings is 1. The molecule has 0 unspecified atom stereocenters. The van der Waals surface area contributed by atoms with Gasteiger partial charge < -0.3 is 9.72 Å². The molecule has 0 spiro atoms. The molecule has 84 valence electrons. The van der Waals surface area contributed by atoms with E-state index in [9.17, 15) is 0 Å². The molecule has 16 heavy (non-hydrogen) atoms. The highest BCUT2D eigenvalue weighted by atomic mass is 16.5. The number of hydrogen-bond acceptors (Lipinski definition) is 3. The number of rotatable bonds is 4. The van der Waals surface area contributed by atoms with E-state index in [2.05, 4.69) is 21.9 Å². The number of ether oxygens (including phenoxy) is 1. The molecule has 4 heteroatoms. The van der Waals surface area contributed by atoms with Crippen LogP contribution in [0.5, 0.6) is 5.75 Å². The molecule has 0 saturated heterocycles. The fourth-order valence-corrected chi connectivity index (χ4v) is 1.56. The monoisotopic (exact) mass is 217 g/mol. The normalized spacial score (nSPS) is 12.4. The van der Waals surface area contributed by atoms with Gasteiger partial charge in [0, 0.05) is 23.5 Å². The number of imidazole rings is 1. The molecular weight excluding hydrogens is 202 g/mol. The van der Waals surface area contributed by atoms with Gasteiger partial charge in [-0.25, -0.2) is 4.98 Å². The summed E-state index contributed by atoms with van der Waals surface area (Å²) in [6.45, 7) is 4.72. The van der Waals surface area contributed by atoms with Gasteiger partial charge in [0.25, 0.3) is 0 Å². The van der Waals surface area contributed by atoms with Crippen LogP contribution in [0.1, 0.15) is 31.2 Å². The van der Waals surface area contributed by atoms with Crippen molar-refractivity contribution in [2.75, 3.05) is 6.61 Å². The molecule has 2 aromatic heterocycles. The van der Waals surface area contributed by atoms with Crippen molar-refractivity contribution < 1.29 is 4.74 Å². The summed E-state index contributed by atoms with van der Waals surface area (Å²) in [7, 11) is 0. The lowest BCUT2D eigenvalue weighted by molar-refractivity contribution is 0.338. The van der Waals surface area contributed by atoms with Gasteiger partial charge in [-0.1, -0.05) is 6.92 Å². The van der Waals surface area contributed by atoms with Gasteiger partial charge in [0.15, 0.2) is 0 Å². The highest BCUT2D eigenvalue weighted by Gasteiger charge is 2.10. The Kier molecular flexibility index (Phi) is 3.19. The first-order valence-corrected chi connectivity index (χ1v) is 5.38. The van der Waals surface area contributed by atoms with Crippen molar-refractivity contribution in [2.24, 2.45) is 0 Å². The molecule has 2 heterocycles. The average molecular weight is 217 g/mol. The summed E-state index contributed by atoms with van der Waals surface area (Å²) in [6, 6.07) is 3.93. The van der Waals surface area contributed by atoms with Crippen LogP contribution in [0.2, 0.25) is 0 Å². The van der Waals surface area contributed by atoms with Crippen molar-refractivity contribution >= 4 is 0 Å². The Morgan fingerprint density at radius 3 is 2.81 bits per heavy atom. The highest BCUT2D eigenvalue weighted by Crippen LogP contribution is 2.21. The van der Waals surface area contributed by atoms with Gasteiger partial charge in [-0.05, 0) is 19.1 Å². The average Bonchev–Trinajstić information content (AvgIpc) is 2.83. The summed E-state index contributed by atoms with van der Waals surface area (Å²) in [6.07, 6.45) is 5.26. The molecule has 2 rings (SSSR count). The van der Waals surface area contributed by atoms with E-state index >= 15 is 0 Å². The molecule has 0 aliphatic carbocycles. The van der Waals surface area contributed by atoms with Crippen molar-refractivity contribution in [3.63, 3.8) is 0 Å². The zero-order valence-corrected chi connectivity index (χ0v) is 9.47. The lowest BCUT2D eigenvalue weighted by Crippen LogP contribution is -2.00. The molecule has 0 aliphatic heterocycles. The van der Waals surface area contributed by atoms with E-state index in [0.717, 1.165) is 17.1 Å². The van der Waals surface area contributed by atoms with Crippen LogP contribution in [-0.2, 0) is 0 Å². The zero-order chi connectivity index (χ0) is 11.4. The third-order valence-electron chi connectivity index (χ3n) is 2.50. The first kappa shape index (κ1) is 10.7. The van der Waals surface area contributed by atoms with E-state index < -0.39 is 0 Å². The van der Waals surface area contributed by atoms with Crippen LogP contribution in [0.4, 0.5) is 0 Å². The minimum atomic E-state index is 0.221. The number of nitrogens with zero attached hydrogens (tertiary/aromatic N) is 2. The minimum absolute atomic E-state index is 0.221. The summed E-state index contributed by atoms with van der Waals surface area (Å²) in [5, 5.41) is 0. The molecule has 0 aliphatic rings. The summed E-state index contributed by atoms with van der Waals surface area (Å²) in [5.74, 6) is 1.03. The van der Waals surface area contributed by atoms with E-state index in [0.29, 0.717) is 6.61 Å². The second-order valence-electron chi connectivity index (χ2n) is 3.58. The van der Waals surface area contributed by atoms with Gasteiger partial charge in [0.05, 0.1) is 19.1 Å². The van der Waals surface area contributed by atoms with Crippen LogP contribution in [0.15, 0.2) is 30.9 Å². The van der Waals surface area contributed by atoms with Gasteiger partial charge in [-0.3, -0.25) is 4.98 Å². The van der Waals surface area contributed by atoms with Gasteiger partial charge in [-0.15, -0.1) is 0 Å². The van der Waals surface area contributed by atoms with Crippen molar-refractivity contribution in [3.05, 3.63) is 42.2 Å². The van der Waals surface area contributed by atoms with Crippen molar-refractivity contribution in [3.8, 4) is 5.75 Å². The van der Waals surface area contributed by atoms with E-state index in [-0.39, 0.29) is 5.92 Å². The molecule has 0 aromatic carbocycles. The first-order chi connectivity index (χ1) is 7.81. The Hall–Kier alpha value is -1.84. The molecule has 0 amide bonds. The molecule has 0 saturated carbocycles. The van der Waals surface area contributed by atoms with Gasteiger partial charge >= 0.3 is 0 Å². The number of hydrogen-bond donors (Lipinski definition) is 1. The number of nitrogens with one attached hydrogen (secondary N) is 1. The van der Waals surface area contributed by atoms with Crippen LogP contribution >= 0.6 is 0 Å². The van der Waals surface area contributed by atoms with Crippen molar-refractivity contribution in [1.29, 1.82) is 0 Å². The van der Waals surface area contributed by atoms with E-state index in [4.69, 9.17) is 4.74 Å². The lowest BCUT2D eigenvalue weighted by Gasteiger charge is -2.09. The molecule has 0 radical (unpaired) electrons. The smallest absolute Gasteiger partial charge is 0.137 e. The molecule has 0 bridgehead atoms. The van der Waals surface area contributed by atoms with Gasteiger partial charge in [-0.2, -0.15) is 0 Å². The molecular formula is C12H15N3O. The van der Waals surface area contributed by atoms with Crippen LogP contribution in [0.25, 0.3) is 0 Å². The fraction of sp³-hybridized carbons (Fsp3) is 0.333. The maximum absolute atomic E-state index is 5.35. The molecule has 1 atom stereocenters. The van der Waals surface area contributed by atoms with E-state index in [1.165, 1.54) is 0 Å². The Balaban J connectivity index is 2.15. The zero-order valence-electron chi connectivity index (χ0n) is 9.47. The predicted molar refractivity (Wildman–Crippen MR) is 61.5 cm³/mol. The van der Waals surface area contributed by atoms with Gasteiger partial charge in [0.2, 0.25) is 0 Å². The quantitative estimate of drug-likeness (QED) is 0.855. The summed E-state index contributed by atoms with van der Waals surface area (Å²) >= 11 is 0. The standard InChI is InChI=1S/C12H15N3O/c1-3-16-10-4-5-11(14-6-10)9(2)12-7-13-8-15-12/h4-9H,3H2,1-2H3,(H,13,15)/t9-/m1/s1. The first-order valence-electron chi connectivity index (χ1n) is 5.38. The third-order valence-corrected chi connectivity index (χ3v) is 2.50. The fourth-order valence-electron chi connectivity index (χ4n) is 1.56. The van der Waals surface area contributed by atoms with Crippen LogP contribution in [0.3, 0.4) is 0 Å². The predicted octanol–water partition coefficient (Wildman–Crippen LogP) is 2.36. The Morgan fingerprint density at radius 1 is 1.38 bits per heavy atom. The minimum Gasteiger partial charge on any atom is -0.492 e. The number of aromatic nitrogens is 3. The van der Waals surface area contributed by atoms with Crippen LogP contribution in [-0.4, -0.2) is 21.6 Å². The summed E-state index contributed by atoms with van der Waals surface area (Å²) in [5.41, 5.74) is 2.07. The van der Waals surface area contributed by atoms with E-state index in [1.54, 1.807) is 12.5 Å². The third kappa shape index (κ3) is 2.21. The second kappa shape index (κ2) is 4.79. The largest absolute Gasteiger partial charge is 0.492 e. The summed E-state index contributed by atoms with van der Waals surface area (Å²) < 4.78 is 5.35. The molecule has 4 nitrogen and oxygen atoms in total. The van der Waals surface area contributed by atoms with Crippen LogP contribution < -0.4 is 4.74 Å². The lowest BCUT2D eigenvalue weighted by atomic mass is 10.0. The second-order valence-corrected chi connectivity index (χ2v) is 3.58. The van der Waals surface area contributed by atoms with Crippen molar-refractivity contribution in [1.82, 2.24) is 15.0 Å². The molecule has 1 N–H and O–H groups in total. The number of aromatic amines is 1. The summed E-state index contributed by atoms with van der Waals surface area (Å²) in [4.78, 5) is 11.5. The highest BCUT2D eigenvalue weighted by molar-refractivity contribution is 5.25. The number of H-pyrrole nitrogens is 1. The Morgan fingerprint density at radius 2 is 2.25 bits per heavy atom. The maximum atomic E-state index is 5.35. The molecule has 2 aromatic rings. The Bertz CT molecular complexity index is 422.